The number of nitrogens with one attached hydrogen (secondary N) is 1. The van der Waals surface area contributed by atoms with Crippen LogP contribution in [0.5, 0.6) is 0 Å². The molecular formula is C16H19N5O2S. The summed E-state index contributed by atoms with van der Waals surface area (Å²) in [5, 5.41) is 10.9. The lowest BCUT2D eigenvalue weighted by Crippen LogP contribution is -2.60. The molecular weight excluding hydrogens is 326 g/mol. The van der Waals surface area contributed by atoms with Gasteiger partial charge in [-0.2, -0.15) is 0 Å². The SMILES string of the molecule is C[C@H](Sc1nncn1C)C(=O)N1c2ccccc2NC(=O)C1(C)C. The molecule has 0 aliphatic carbocycles. The molecule has 126 valence electrons. The molecule has 2 amide bonds. The van der Waals surface area contributed by atoms with Gasteiger partial charge in [-0.15, -0.1) is 10.2 Å². The number of anilines is 2. The zero-order chi connectivity index (χ0) is 17.5. The Morgan fingerprint density at radius 1 is 1.33 bits per heavy atom. The zero-order valence-corrected chi connectivity index (χ0v) is 14.8. The van der Waals surface area contributed by atoms with Gasteiger partial charge in [0.2, 0.25) is 11.8 Å². The Balaban J connectivity index is 1.95. The van der Waals surface area contributed by atoms with E-state index >= 15 is 0 Å². The van der Waals surface area contributed by atoms with Crippen molar-refractivity contribution in [3.05, 3.63) is 30.6 Å². The van der Waals surface area contributed by atoms with Crippen molar-refractivity contribution >= 4 is 35.0 Å². The molecule has 0 bridgehead atoms. The average Bonchev–Trinajstić information content (AvgIpc) is 2.93. The summed E-state index contributed by atoms with van der Waals surface area (Å²) in [5.74, 6) is -0.347. The van der Waals surface area contributed by atoms with Crippen LogP contribution in [0.4, 0.5) is 11.4 Å². The van der Waals surface area contributed by atoms with Gasteiger partial charge in [0.15, 0.2) is 5.16 Å². The second kappa shape index (κ2) is 5.94. The Hall–Kier alpha value is -2.35. The second-order valence-corrected chi connectivity index (χ2v) is 7.50. The first-order valence-electron chi connectivity index (χ1n) is 7.57. The van der Waals surface area contributed by atoms with E-state index in [4.69, 9.17) is 0 Å². The quantitative estimate of drug-likeness (QED) is 0.861. The van der Waals surface area contributed by atoms with Gasteiger partial charge in [0, 0.05) is 7.05 Å². The van der Waals surface area contributed by atoms with Gasteiger partial charge in [-0.3, -0.25) is 14.5 Å². The number of carbonyl (C=O) groups excluding carboxylic acids is 2. The van der Waals surface area contributed by atoms with Gasteiger partial charge in [-0.1, -0.05) is 23.9 Å². The van der Waals surface area contributed by atoms with Crippen molar-refractivity contribution in [2.75, 3.05) is 10.2 Å². The van der Waals surface area contributed by atoms with E-state index < -0.39 is 10.8 Å². The standard InChI is InChI=1S/C16H19N5O2S/c1-10(24-15-19-17-9-20(15)4)13(22)21-12-8-6-5-7-11(12)18-14(23)16(21,2)3/h5-10H,1-4H3,(H,18,23)/t10-/m0/s1. The number of carbonyl (C=O) groups is 2. The molecule has 0 saturated heterocycles. The van der Waals surface area contributed by atoms with E-state index in [-0.39, 0.29) is 11.8 Å². The van der Waals surface area contributed by atoms with Gasteiger partial charge >= 0.3 is 0 Å². The molecule has 1 aromatic carbocycles. The van der Waals surface area contributed by atoms with Crippen molar-refractivity contribution in [3.8, 4) is 0 Å². The summed E-state index contributed by atoms with van der Waals surface area (Å²) in [6.07, 6.45) is 1.59. The number of fused-ring (bicyclic) bond motifs is 1. The summed E-state index contributed by atoms with van der Waals surface area (Å²) >= 11 is 1.32. The Morgan fingerprint density at radius 3 is 2.71 bits per heavy atom. The first-order chi connectivity index (χ1) is 11.3. The minimum Gasteiger partial charge on any atom is -0.322 e. The molecule has 3 rings (SSSR count). The van der Waals surface area contributed by atoms with Crippen molar-refractivity contribution in [2.45, 2.75) is 36.7 Å². The van der Waals surface area contributed by atoms with E-state index in [0.717, 1.165) is 0 Å². The normalized spacial score (nSPS) is 17.2. The maximum absolute atomic E-state index is 13.1. The zero-order valence-electron chi connectivity index (χ0n) is 14.0. The highest BCUT2D eigenvalue weighted by molar-refractivity contribution is 8.00. The summed E-state index contributed by atoms with van der Waals surface area (Å²) in [6.45, 7) is 5.30. The predicted octanol–water partition coefficient (Wildman–Crippen LogP) is 2.06. The second-order valence-electron chi connectivity index (χ2n) is 6.19. The average molecular weight is 345 g/mol. The Bertz CT molecular complexity index is 801. The summed E-state index contributed by atoms with van der Waals surface area (Å²) in [7, 11) is 1.83. The summed E-state index contributed by atoms with van der Waals surface area (Å²) in [4.78, 5) is 27.2. The highest BCUT2D eigenvalue weighted by atomic mass is 32.2. The minimum atomic E-state index is -0.972. The monoisotopic (exact) mass is 345 g/mol. The third kappa shape index (κ3) is 2.66. The number of benzene rings is 1. The topological polar surface area (TPSA) is 80.1 Å². The predicted molar refractivity (Wildman–Crippen MR) is 93.0 cm³/mol. The van der Waals surface area contributed by atoms with Crippen molar-refractivity contribution in [3.63, 3.8) is 0 Å². The molecule has 0 unspecified atom stereocenters. The molecule has 1 N–H and O–H groups in total. The maximum Gasteiger partial charge on any atom is 0.250 e. The minimum absolute atomic E-state index is 0.143. The Kier molecular flexibility index (Phi) is 4.08. The van der Waals surface area contributed by atoms with Crippen molar-refractivity contribution in [1.82, 2.24) is 14.8 Å². The van der Waals surface area contributed by atoms with E-state index in [1.807, 2.05) is 32.2 Å². The van der Waals surface area contributed by atoms with Crippen LogP contribution in [0.1, 0.15) is 20.8 Å². The fourth-order valence-corrected chi connectivity index (χ4v) is 3.45. The number of aromatic nitrogens is 3. The lowest BCUT2D eigenvalue weighted by atomic mass is 9.96. The molecule has 7 nitrogen and oxygen atoms in total. The molecule has 1 aliphatic rings. The summed E-state index contributed by atoms with van der Waals surface area (Å²) < 4.78 is 1.76. The van der Waals surface area contributed by atoms with Gasteiger partial charge < -0.3 is 9.88 Å². The van der Waals surface area contributed by atoms with Gasteiger partial charge in [0.05, 0.1) is 16.6 Å². The van der Waals surface area contributed by atoms with E-state index in [1.54, 1.807) is 35.7 Å². The molecule has 2 aromatic rings. The summed E-state index contributed by atoms with van der Waals surface area (Å²) in [5.41, 5.74) is 0.378. The molecule has 8 heteroatoms. The Labute approximate surface area is 144 Å². The first-order valence-corrected chi connectivity index (χ1v) is 8.45. The largest absolute Gasteiger partial charge is 0.322 e. The molecule has 1 atom stereocenters. The van der Waals surface area contributed by atoms with E-state index in [9.17, 15) is 9.59 Å². The Morgan fingerprint density at radius 2 is 2.04 bits per heavy atom. The molecule has 24 heavy (non-hydrogen) atoms. The third-order valence-corrected chi connectivity index (χ3v) is 5.16. The number of para-hydroxylation sites is 2. The van der Waals surface area contributed by atoms with Crippen LogP contribution < -0.4 is 10.2 Å². The van der Waals surface area contributed by atoms with Crippen LogP contribution in [0.15, 0.2) is 35.7 Å². The molecule has 2 heterocycles. The maximum atomic E-state index is 13.1. The van der Waals surface area contributed by atoms with Crippen LogP contribution in [0.2, 0.25) is 0 Å². The number of thioether (sulfide) groups is 1. The van der Waals surface area contributed by atoms with Crippen molar-refractivity contribution in [1.29, 1.82) is 0 Å². The van der Waals surface area contributed by atoms with E-state index in [0.29, 0.717) is 16.5 Å². The molecule has 1 aromatic heterocycles. The number of hydrogen-bond acceptors (Lipinski definition) is 5. The van der Waals surface area contributed by atoms with Gasteiger partial charge in [-0.25, -0.2) is 0 Å². The van der Waals surface area contributed by atoms with Crippen molar-refractivity contribution < 1.29 is 9.59 Å². The molecule has 0 saturated carbocycles. The molecule has 0 spiro atoms. The van der Waals surface area contributed by atoms with E-state index in [1.165, 1.54) is 11.8 Å². The van der Waals surface area contributed by atoms with Crippen LogP contribution >= 0.6 is 11.8 Å². The fourth-order valence-electron chi connectivity index (χ4n) is 2.62. The number of rotatable bonds is 3. The van der Waals surface area contributed by atoms with Crippen LogP contribution in [-0.4, -0.2) is 37.4 Å². The summed E-state index contributed by atoms with van der Waals surface area (Å²) in [6, 6.07) is 7.32. The highest BCUT2D eigenvalue weighted by Crippen LogP contribution is 2.38. The van der Waals surface area contributed by atoms with Crippen LogP contribution in [-0.2, 0) is 16.6 Å². The third-order valence-electron chi connectivity index (χ3n) is 4.03. The van der Waals surface area contributed by atoms with Gasteiger partial charge in [0.25, 0.3) is 0 Å². The number of hydrogen-bond donors (Lipinski definition) is 1. The van der Waals surface area contributed by atoms with Crippen molar-refractivity contribution in [2.24, 2.45) is 7.05 Å². The number of amides is 2. The number of aryl methyl sites for hydroxylation is 1. The van der Waals surface area contributed by atoms with Crippen LogP contribution in [0.3, 0.4) is 0 Å². The highest BCUT2D eigenvalue weighted by Gasteiger charge is 2.44. The smallest absolute Gasteiger partial charge is 0.250 e. The lowest BCUT2D eigenvalue weighted by Gasteiger charge is -2.43. The molecule has 1 aliphatic heterocycles. The van der Waals surface area contributed by atoms with Gasteiger partial charge in [0.1, 0.15) is 11.9 Å². The molecule has 0 fully saturated rings. The lowest BCUT2D eigenvalue weighted by molar-refractivity contribution is -0.126. The first kappa shape index (κ1) is 16.5. The van der Waals surface area contributed by atoms with Gasteiger partial charge in [-0.05, 0) is 32.9 Å². The van der Waals surface area contributed by atoms with Crippen LogP contribution in [0.25, 0.3) is 0 Å². The molecule has 0 radical (unpaired) electrons. The number of nitrogens with zero attached hydrogens (tertiary/aromatic N) is 4. The van der Waals surface area contributed by atoms with E-state index in [2.05, 4.69) is 15.5 Å². The van der Waals surface area contributed by atoms with Crippen LogP contribution in [0, 0.1) is 0 Å². The fraction of sp³-hybridized carbons (Fsp3) is 0.375.